The van der Waals surface area contributed by atoms with Crippen molar-refractivity contribution < 1.29 is 33.4 Å². The van der Waals surface area contributed by atoms with Gasteiger partial charge in [-0.1, -0.05) is 18.2 Å². The number of hydrogen-bond acceptors (Lipinski definition) is 7. The number of carbonyl (C=O) groups excluding carboxylic acids is 4. The van der Waals surface area contributed by atoms with Crippen molar-refractivity contribution in [1.82, 2.24) is 15.6 Å². The molecule has 0 bridgehead atoms. The second-order valence-corrected chi connectivity index (χ2v) is 8.82. The molecule has 2 amide bonds. The highest BCUT2D eigenvalue weighted by atomic mass is 16.6. The Morgan fingerprint density at radius 2 is 1.71 bits per heavy atom. The highest BCUT2D eigenvalue weighted by Crippen LogP contribution is 2.19. The van der Waals surface area contributed by atoms with Crippen LogP contribution in [0.15, 0.2) is 30.5 Å². The lowest BCUT2D eigenvalue weighted by Crippen LogP contribution is -2.53. The largest absolute Gasteiger partial charge is 0.469 e. The van der Waals surface area contributed by atoms with Gasteiger partial charge in [0.1, 0.15) is 17.7 Å². The molecule has 0 saturated heterocycles. The Morgan fingerprint density at radius 1 is 1.00 bits per heavy atom. The summed E-state index contributed by atoms with van der Waals surface area (Å²) in [6.07, 6.45) is 1.74. The van der Waals surface area contributed by atoms with Crippen LogP contribution in [-0.4, -0.2) is 60.8 Å². The molecule has 0 unspecified atom stereocenters. The van der Waals surface area contributed by atoms with Crippen molar-refractivity contribution in [2.75, 3.05) is 14.2 Å². The normalized spacial score (nSPS) is 13.0. The zero-order valence-corrected chi connectivity index (χ0v) is 20.2. The van der Waals surface area contributed by atoms with Gasteiger partial charge in [-0.15, -0.1) is 0 Å². The SMILES string of the molecule is COC(=O)CCC[C@H](NC(=O)[C@H](Cc1c[nH]c2ccccc12)NC(=O)OC(C)(C)C)C(=O)OC. The van der Waals surface area contributed by atoms with Crippen molar-refractivity contribution in [3.05, 3.63) is 36.0 Å². The highest BCUT2D eigenvalue weighted by molar-refractivity contribution is 5.91. The molecule has 0 saturated carbocycles. The number of aromatic amines is 1. The van der Waals surface area contributed by atoms with Crippen LogP contribution in [0.25, 0.3) is 10.9 Å². The fraction of sp³-hybridized carbons (Fsp3) is 0.500. The van der Waals surface area contributed by atoms with Crippen LogP contribution < -0.4 is 10.6 Å². The van der Waals surface area contributed by atoms with Crippen molar-refractivity contribution in [3.8, 4) is 0 Å². The first-order valence-corrected chi connectivity index (χ1v) is 11.0. The Morgan fingerprint density at radius 3 is 2.35 bits per heavy atom. The molecule has 1 heterocycles. The Labute approximate surface area is 198 Å². The highest BCUT2D eigenvalue weighted by Gasteiger charge is 2.29. The number of esters is 2. The minimum atomic E-state index is -1.03. The van der Waals surface area contributed by atoms with Gasteiger partial charge in [-0.05, 0) is 45.2 Å². The summed E-state index contributed by atoms with van der Waals surface area (Å²) in [7, 11) is 2.49. The van der Waals surface area contributed by atoms with Gasteiger partial charge >= 0.3 is 18.0 Å². The smallest absolute Gasteiger partial charge is 0.408 e. The lowest BCUT2D eigenvalue weighted by molar-refractivity contribution is -0.146. The van der Waals surface area contributed by atoms with Gasteiger partial charge in [0.05, 0.1) is 14.2 Å². The van der Waals surface area contributed by atoms with E-state index >= 15 is 0 Å². The maximum absolute atomic E-state index is 13.2. The third kappa shape index (κ3) is 8.09. The van der Waals surface area contributed by atoms with E-state index in [4.69, 9.17) is 9.47 Å². The summed E-state index contributed by atoms with van der Waals surface area (Å²) in [4.78, 5) is 52.4. The molecule has 2 aromatic rings. The number of alkyl carbamates (subject to hydrolysis) is 1. The number of hydrogen-bond donors (Lipinski definition) is 3. The molecule has 0 fully saturated rings. The molecular weight excluding hydrogens is 442 g/mol. The van der Waals surface area contributed by atoms with E-state index in [2.05, 4.69) is 20.4 Å². The molecule has 10 heteroatoms. The molecule has 0 radical (unpaired) electrons. The molecule has 0 aliphatic rings. The quantitative estimate of drug-likeness (QED) is 0.355. The van der Waals surface area contributed by atoms with Crippen LogP contribution in [0.4, 0.5) is 4.79 Å². The number of para-hydroxylation sites is 1. The number of fused-ring (bicyclic) bond motifs is 1. The average Bonchev–Trinajstić information content (AvgIpc) is 3.18. The third-order valence-corrected chi connectivity index (χ3v) is 5.01. The molecule has 0 aliphatic heterocycles. The van der Waals surface area contributed by atoms with Gasteiger partial charge < -0.3 is 29.8 Å². The number of carbonyl (C=O) groups is 4. The average molecular weight is 476 g/mol. The molecule has 34 heavy (non-hydrogen) atoms. The number of amides is 2. The van der Waals surface area contributed by atoms with E-state index < -0.39 is 41.6 Å². The van der Waals surface area contributed by atoms with Crippen LogP contribution >= 0.6 is 0 Å². The monoisotopic (exact) mass is 475 g/mol. The van der Waals surface area contributed by atoms with Crippen molar-refractivity contribution in [2.24, 2.45) is 0 Å². The lowest BCUT2D eigenvalue weighted by Gasteiger charge is -2.25. The molecule has 2 atom stereocenters. The van der Waals surface area contributed by atoms with Crippen LogP contribution in [0.3, 0.4) is 0 Å². The van der Waals surface area contributed by atoms with Crippen molar-refractivity contribution >= 4 is 34.8 Å². The Balaban J connectivity index is 2.20. The minimum Gasteiger partial charge on any atom is -0.469 e. The number of H-pyrrole nitrogens is 1. The van der Waals surface area contributed by atoms with Gasteiger partial charge in [-0.2, -0.15) is 0 Å². The second-order valence-electron chi connectivity index (χ2n) is 8.82. The summed E-state index contributed by atoms with van der Waals surface area (Å²) in [6.45, 7) is 5.15. The predicted octanol–water partition coefficient (Wildman–Crippen LogP) is 2.60. The number of ether oxygens (including phenoxy) is 3. The first-order valence-electron chi connectivity index (χ1n) is 11.0. The van der Waals surface area contributed by atoms with Gasteiger partial charge in [-0.3, -0.25) is 9.59 Å². The van der Waals surface area contributed by atoms with E-state index in [0.29, 0.717) is 6.42 Å². The van der Waals surface area contributed by atoms with E-state index in [1.807, 2.05) is 24.3 Å². The van der Waals surface area contributed by atoms with Crippen LogP contribution in [0.2, 0.25) is 0 Å². The van der Waals surface area contributed by atoms with Gasteiger partial charge in [0.25, 0.3) is 0 Å². The van der Waals surface area contributed by atoms with Crippen LogP contribution in [0.1, 0.15) is 45.6 Å². The van der Waals surface area contributed by atoms with Crippen LogP contribution in [-0.2, 0) is 35.0 Å². The second kappa shape index (κ2) is 12.1. The number of aromatic nitrogens is 1. The van der Waals surface area contributed by atoms with Gasteiger partial charge in [0, 0.05) is 29.9 Å². The molecule has 2 rings (SSSR count). The fourth-order valence-corrected chi connectivity index (χ4v) is 3.40. The maximum Gasteiger partial charge on any atom is 0.408 e. The molecule has 1 aromatic carbocycles. The topological polar surface area (TPSA) is 136 Å². The summed E-state index contributed by atoms with van der Waals surface area (Å²) >= 11 is 0. The molecule has 186 valence electrons. The molecule has 10 nitrogen and oxygen atoms in total. The van der Waals surface area contributed by atoms with E-state index in [-0.39, 0.29) is 19.3 Å². The molecular formula is C24H33N3O7. The van der Waals surface area contributed by atoms with E-state index in [0.717, 1.165) is 16.5 Å². The van der Waals surface area contributed by atoms with Gasteiger partial charge in [0.15, 0.2) is 0 Å². The molecule has 0 spiro atoms. The van der Waals surface area contributed by atoms with E-state index in [1.165, 1.54) is 14.2 Å². The Hall–Kier alpha value is -3.56. The Kier molecular flexibility index (Phi) is 9.47. The minimum absolute atomic E-state index is 0.0921. The number of nitrogens with one attached hydrogen (secondary N) is 3. The maximum atomic E-state index is 13.2. The zero-order chi connectivity index (χ0) is 25.3. The number of benzene rings is 1. The van der Waals surface area contributed by atoms with Crippen molar-refractivity contribution in [3.63, 3.8) is 0 Å². The number of rotatable bonds is 10. The zero-order valence-electron chi connectivity index (χ0n) is 20.2. The van der Waals surface area contributed by atoms with Crippen molar-refractivity contribution in [2.45, 2.75) is 64.1 Å². The molecule has 0 aliphatic carbocycles. The first-order chi connectivity index (χ1) is 16.0. The standard InChI is InChI=1S/C24H33N3O7/c1-24(2,3)34-23(31)27-19(13-15-14-25-17-10-7-6-9-16(15)17)21(29)26-18(22(30)33-5)11-8-12-20(28)32-4/h6-7,9-10,14,18-19,25H,8,11-13H2,1-5H3,(H,26,29)(H,27,31)/t18-,19-/m0/s1. The van der Waals surface area contributed by atoms with Crippen molar-refractivity contribution in [1.29, 1.82) is 0 Å². The van der Waals surface area contributed by atoms with E-state index in [9.17, 15) is 19.2 Å². The predicted molar refractivity (Wildman–Crippen MR) is 125 cm³/mol. The summed E-state index contributed by atoms with van der Waals surface area (Å²) in [5, 5.41) is 6.16. The lowest BCUT2D eigenvalue weighted by atomic mass is 10.0. The van der Waals surface area contributed by atoms with Crippen LogP contribution in [0.5, 0.6) is 0 Å². The number of methoxy groups -OCH3 is 2. The van der Waals surface area contributed by atoms with E-state index in [1.54, 1.807) is 27.0 Å². The first kappa shape index (κ1) is 26.7. The van der Waals surface area contributed by atoms with Gasteiger partial charge in [-0.25, -0.2) is 9.59 Å². The fourth-order valence-electron chi connectivity index (χ4n) is 3.40. The summed E-state index contributed by atoms with van der Waals surface area (Å²) < 4.78 is 14.7. The summed E-state index contributed by atoms with van der Waals surface area (Å²) in [5.41, 5.74) is 0.949. The summed E-state index contributed by atoms with van der Waals surface area (Å²) in [5.74, 6) is -1.65. The Bertz CT molecular complexity index is 1010. The van der Waals surface area contributed by atoms with Crippen LogP contribution in [0, 0.1) is 0 Å². The van der Waals surface area contributed by atoms with Gasteiger partial charge in [0.2, 0.25) is 5.91 Å². The molecule has 1 aromatic heterocycles. The molecule has 3 N–H and O–H groups in total. The summed E-state index contributed by atoms with van der Waals surface area (Å²) in [6, 6.07) is 5.57. The third-order valence-electron chi connectivity index (χ3n) is 5.01.